The Morgan fingerprint density at radius 2 is 1.86 bits per heavy atom. The molecular formula is C19H22O3. The Morgan fingerprint density at radius 3 is 2.50 bits per heavy atom. The van der Waals surface area contributed by atoms with Crippen molar-refractivity contribution in [3.63, 3.8) is 0 Å². The summed E-state index contributed by atoms with van der Waals surface area (Å²) in [5.74, 6) is 1.40. The quantitative estimate of drug-likeness (QED) is 0.780. The zero-order chi connectivity index (χ0) is 15.5. The molecule has 3 heteroatoms. The van der Waals surface area contributed by atoms with Crippen molar-refractivity contribution in [3.8, 4) is 0 Å². The van der Waals surface area contributed by atoms with E-state index in [4.69, 9.17) is 9.47 Å². The van der Waals surface area contributed by atoms with E-state index in [0.29, 0.717) is 23.0 Å². The molecule has 0 amide bonds. The Bertz CT molecular complexity index is 594. The van der Waals surface area contributed by atoms with Crippen LogP contribution in [0, 0.1) is 11.8 Å². The molecule has 2 aliphatic rings. The smallest absolute Gasteiger partial charge is 0.338 e. The monoisotopic (exact) mass is 298 g/mol. The first-order chi connectivity index (χ1) is 10.7. The van der Waals surface area contributed by atoms with Gasteiger partial charge in [0.25, 0.3) is 0 Å². The zero-order valence-electron chi connectivity index (χ0n) is 13.0. The average molecular weight is 298 g/mol. The van der Waals surface area contributed by atoms with Crippen molar-refractivity contribution >= 4 is 11.7 Å². The Balaban J connectivity index is 2.03. The van der Waals surface area contributed by atoms with Crippen molar-refractivity contribution in [1.82, 2.24) is 0 Å². The van der Waals surface area contributed by atoms with Gasteiger partial charge in [0.2, 0.25) is 0 Å². The average Bonchev–Trinajstić information content (AvgIpc) is 2.93. The number of benzene rings is 1. The van der Waals surface area contributed by atoms with Gasteiger partial charge in [-0.15, -0.1) is 0 Å². The maximum absolute atomic E-state index is 12.4. The van der Waals surface area contributed by atoms with E-state index in [1.165, 1.54) is 26.4 Å². The molecule has 1 aromatic rings. The van der Waals surface area contributed by atoms with Gasteiger partial charge in [-0.2, -0.15) is 0 Å². The van der Waals surface area contributed by atoms with Crippen LogP contribution in [0.25, 0.3) is 5.76 Å². The van der Waals surface area contributed by atoms with Crippen LogP contribution in [0.4, 0.5) is 0 Å². The van der Waals surface area contributed by atoms with Crippen molar-refractivity contribution in [2.75, 3.05) is 7.11 Å². The van der Waals surface area contributed by atoms with E-state index in [0.717, 1.165) is 18.4 Å². The van der Waals surface area contributed by atoms with E-state index in [9.17, 15) is 4.79 Å². The topological polar surface area (TPSA) is 35.5 Å². The minimum Gasteiger partial charge on any atom is -0.466 e. The van der Waals surface area contributed by atoms with E-state index < -0.39 is 0 Å². The zero-order valence-corrected chi connectivity index (χ0v) is 13.0. The van der Waals surface area contributed by atoms with E-state index in [1.807, 2.05) is 30.3 Å². The fourth-order valence-corrected chi connectivity index (χ4v) is 3.65. The van der Waals surface area contributed by atoms with Crippen LogP contribution in [-0.2, 0) is 14.3 Å². The van der Waals surface area contributed by atoms with Crippen LogP contribution in [0.15, 0.2) is 48.2 Å². The van der Waals surface area contributed by atoms with Crippen LogP contribution in [-0.4, -0.2) is 13.1 Å². The minimum atomic E-state index is -0.298. The minimum absolute atomic E-state index is 0.0389. The molecule has 0 saturated heterocycles. The van der Waals surface area contributed by atoms with Gasteiger partial charge in [-0.25, -0.2) is 4.79 Å². The number of rotatable bonds is 3. The van der Waals surface area contributed by atoms with Gasteiger partial charge in [0.15, 0.2) is 0 Å². The van der Waals surface area contributed by atoms with Crippen LogP contribution in [0.3, 0.4) is 0 Å². The van der Waals surface area contributed by atoms with Gasteiger partial charge >= 0.3 is 5.97 Å². The Hall–Kier alpha value is -2.03. The summed E-state index contributed by atoms with van der Waals surface area (Å²) >= 11 is 0. The number of carbonyl (C=O) groups excluding carboxylic acids is 1. The molecule has 1 saturated carbocycles. The molecule has 3 rings (SSSR count). The van der Waals surface area contributed by atoms with Crippen molar-refractivity contribution in [2.24, 2.45) is 11.8 Å². The van der Waals surface area contributed by atoms with Gasteiger partial charge < -0.3 is 9.47 Å². The van der Waals surface area contributed by atoms with E-state index in [1.54, 1.807) is 0 Å². The van der Waals surface area contributed by atoms with E-state index in [2.05, 4.69) is 6.58 Å². The first-order valence-electron chi connectivity index (χ1n) is 7.97. The molecule has 0 radical (unpaired) electrons. The lowest BCUT2D eigenvalue weighted by Crippen LogP contribution is -2.23. The summed E-state index contributed by atoms with van der Waals surface area (Å²) in [5.41, 5.74) is 1.55. The second-order valence-corrected chi connectivity index (χ2v) is 6.04. The molecule has 1 heterocycles. The maximum atomic E-state index is 12.4. The third kappa shape index (κ3) is 2.68. The Labute approximate surface area is 131 Å². The van der Waals surface area contributed by atoms with Crippen molar-refractivity contribution in [2.45, 2.75) is 32.1 Å². The summed E-state index contributed by atoms with van der Waals surface area (Å²) in [6.45, 7) is 4.08. The van der Waals surface area contributed by atoms with E-state index >= 15 is 0 Å². The normalized spacial score (nSPS) is 22.6. The molecule has 1 aliphatic heterocycles. The second-order valence-electron chi connectivity index (χ2n) is 6.04. The number of hydrogen-bond acceptors (Lipinski definition) is 3. The first-order valence-corrected chi connectivity index (χ1v) is 7.97. The third-order valence-electron chi connectivity index (χ3n) is 4.70. The molecule has 1 atom stereocenters. The highest BCUT2D eigenvalue weighted by Gasteiger charge is 2.41. The summed E-state index contributed by atoms with van der Waals surface area (Å²) in [7, 11) is 1.43. The number of carbonyl (C=O) groups is 1. The lowest BCUT2D eigenvalue weighted by atomic mass is 9.76. The largest absolute Gasteiger partial charge is 0.466 e. The van der Waals surface area contributed by atoms with Crippen molar-refractivity contribution in [3.05, 3.63) is 53.8 Å². The van der Waals surface area contributed by atoms with Gasteiger partial charge in [0, 0.05) is 5.56 Å². The van der Waals surface area contributed by atoms with Gasteiger partial charge in [0.05, 0.1) is 18.6 Å². The summed E-state index contributed by atoms with van der Waals surface area (Å²) in [6, 6.07) is 9.74. The molecule has 0 aromatic heterocycles. The molecule has 0 N–H and O–H groups in total. The van der Waals surface area contributed by atoms with Crippen molar-refractivity contribution in [1.29, 1.82) is 0 Å². The Kier molecular flexibility index (Phi) is 4.32. The lowest BCUT2D eigenvalue weighted by Gasteiger charge is -2.27. The highest BCUT2D eigenvalue weighted by molar-refractivity contribution is 5.98. The molecule has 1 fully saturated rings. The number of allylic oxidation sites excluding steroid dienone is 1. The SMILES string of the molecule is C=C1OC(c2ccccc2)=C(C(=O)OC)[C@H]1C1CCCCC1. The van der Waals surface area contributed by atoms with Crippen LogP contribution < -0.4 is 0 Å². The highest BCUT2D eigenvalue weighted by atomic mass is 16.5. The molecule has 1 aromatic carbocycles. The van der Waals surface area contributed by atoms with Crippen LogP contribution in [0.2, 0.25) is 0 Å². The van der Waals surface area contributed by atoms with Gasteiger partial charge in [-0.3, -0.25) is 0 Å². The first kappa shape index (κ1) is 14.9. The molecule has 1 aliphatic carbocycles. The number of methoxy groups -OCH3 is 1. The molecular weight excluding hydrogens is 276 g/mol. The summed E-state index contributed by atoms with van der Waals surface area (Å²) in [5, 5.41) is 0. The van der Waals surface area contributed by atoms with Crippen molar-refractivity contribution < 1.29 is 14.3 Å². The Morgan fingerprint density at radius 1 is 1.18 bits per heavy atom. The predicted molar refractivity (Wildman–Crippen MR) is 85.7 cm³/mol. The standard InChI is InChI=1S/C19H22O3/c1-13-16(14-9-5-3-6-10-14)17(19(20)21-2)18(22-13)15-11-7-4-8-12-15/h4,7-8,11-12,14,16H,1,3,5-6,9-10H2,2H3/t16-/m1/s1. The third-order valence-corrected chi connectivity index (χ3v) is 4.70. The maximum Gasteiger partial charge on any atom is 0.338 e. The number of ether oxygens (including phenoxy) is 2. The number of hydrogen-bond donors (Lipinski definition) is 0. The van der Waals surface area contributed by atoms with Crippen LogP contribution >= 0.6 is 0 Å². The predicted octanol–water partition coefficient (Wildman–Crippen LogP) is 4.31. The van der Waals surface area contributed by atoms with Gasteiger partial charge in [-0.1, -0.05) is 56.2 Å². The summed E-state index contributed by atoms with van der Waals surface area (Å²) in [6.07, 6.45) is 5.94. The lowest BCUT2D eigenvalue weighted by molar-refractivity contribution is -0.136. The second kappa shape index (κ2) is 6.39. The van der Waals surface area contributed by atoms with E-state index in [-0.39, 0.29) is 11.9 Å². The molecule has 116 valence electrons. The molecule has 0 unspecified atom stereocenters. The molecule has 0 bridgehead atoms. The van der Waals surface area contributed by atoms with Crippen LogP contribution in [0.5, 0.6) is 0 Å². The number of esters is 1. The highest BCUT2D eigenvalue weighted by Crippen LogP contribution is 2.46. The molecule has 3 nitrogen and oxygen atoms in total. The fraction of sp³-hybridized carbons (Fsp3) is 0.421. The summed E-state index contributed by atoms with van der Waals surface area (Å²) in [4.78, 5) is 12.4. The van der Waals surface area contributed by atoms with Gasteiger partial charge in [-0.05, 0) is 18.8 Å². The van der Waals surface area contributed by atoms with Crippen LogP contribution in [0.1, 0.15) is 37.7 Å². The summed E-state index contributed by atoms with van der Waals surface area (Å²) < 4.78 is 11.0. The molecule has 22 heavy (non-hydrogen) atoms. The van der Waals surface area contributed by atoms with Gasteiger partial charge in [0.1, 0.15) is 11.5 Å². The molecule has 0 spiro atoms. The fourth-order valence-electron chi connectivity index (χ4n) is 3.65.